The van der Waals surface area contributed by atoms with Crippen molar-refractivity contribution in [2.75, 3.05) is 20.0 Å². The van der Waals surface area contributed by atoms with Crippen LogP contribution < -0.4 is 14.8 Å². The Bertz CT molecular complexity index is 1870. The van der Waals surface area contributed by atoms with E-state index in [9.17, 15) is 9.59 Å². The molecule has 12 heteroatoms. The number of aromatic nitrogens is 3. The summed E-state index contributed by atoms with van der Waals surface area (Å²) in [6, 6.07) is 26.3. The van der Waals surface area contributed by atoms with Crippen LogP contribution in [0.3, 0.4) is 0 Å². The zero-order valence-corrected chi connectivity index (χ0v) is 27.2. The van der Waals surface area contributed by atoms with Crippen molar-refractivity contribution in [2.45, 2.75) is 31.1 Å². The van der Waals surface area contributed by atoms with E-state index in [1.54, 1.807) is 36.6 Å². The van der Waals surface area contributed by atoms with Crippen molar-refractivity contribution < 1.29 is 19.1 Å². The molecule has 234 valence electrons. The monoisotopic (exact) mass is 652 g/mol. The van der Waals surface area contributed by atoms with Crippen LogP contribution >= 0.6 is 23.1 Å². The number of hydrogen-bond donors (Lipinski definition) is 1. The molecule has 6 rings (SSSR count). The standard InChI is InChI=1S/C34H32N6O4S2/c1-22-10-7-11-23(18-22)33(42)35-20-30-36-37-34(39(30)24-12-5-4-6-13-24)46-21-31(41)40-27(19-26(38-40)29-16-9-17-45-29)25-14-8-15-28(43-2)32(25)44-3/h4-18,27H,19-21H2,1-3H3,(H,35,42). The second kappa shape index (κ2) is 14.0. The predicted molar refractivity (Wildman–Crippen MR) is 179 cm³/mol. The highest BCUT2D eigenvalue weighted by atomic mass is 32.2. The van der Waals surface area contributed by atoms with Crippen molar-refractivity contribution in [3.05, 3.63) is 118 Å². The first-order valence-electron chi connectivity index (χ1n) is 14.6. The summed E-state index contributed by atoms with van der Waals surface area (Å²) in [5.41, 5.74) is 4.04. The van der Waals surface area contributed by atoms with Crippen molar-refractivity contribution in [2.24, 2.45) is 5.10 Å². The molecule has 0 radical (unpaired) electrons. The smallest absolute Gasteiger partial charge is 0.253 e. The average Bonchev–Trinajstić information content (AvgIpc) is 3.86. The number of hydrogen-bond acceptors (Lipinski definition) is 9. The molecule has 0 bridgehead atoms. The highest BCUT2D eigenvalue weighted by Gasteiger charge is 2.36. The van der Waals surface area contributed by atoms with Gasteiger partial charge in [0.2, 0.25) is 0 Å². The second-order valence-corrected chi connectivity index (χ2v) is 12.4. The van der Waals surface area contributed by atoms with Crippen LogP contribution in [0.25, 0.3) is 5.69 Å². The summed E-state index contributed by atoms with van der Waals surface area (Å²) in [5.74, 6) is 1.37. The van der Waals surface area contributed by atoms with E-state index in [4.69, 9.17) is 14.6 Å². The topological polar surface area (TPSA) is 111 Å². The highest BCUT2D eigenvalue weighted by molar-refractivity contribution is 7.99. The molecule has 5 aromatic rings. The number of methoxy groups -OCH3 is 2. The summed E-state index contributed by atoms with van der Waals surface area (Å²) in [6.45, 7) is 2.10. The van der Waals surface area contributed by atoms with Gasteiger partial charge in [0.25, 0.3) is 11.8 Å². The van der Waals surface area contributed by atoms with Crippen LogP contribution in [0.2, 0.25) is 0 Å². The summed E-state index contributed by atoms with van der Waals surface area (Å²) in [6.07, 6.45) is 0.533. The molecule has 1 N–H and O–H groups in total. The fourth-order valence-electron chi connectivity index (χ4n) is 5.33. The van der Waals surface area contributed by atoms with Crippen LogP contribution in [0.15, 0.2) is 101 Å². The number of para-hydroxylation sites is 2. The Balaban J connectivity index is 1.25. The number of carbonyl (C=O) groups excluding carboxylic acids is 2. The first-order valence-corrected chi connectivity index (χ1v) is 16.4. The Labute approximate surface area is 275 Å². The Morgan fingerprint density at radius 3 is 2.54 bits per heavy atom. The number of nitrogens with zero attached hydrogens (tertiary/aromatic N) is 5. The first kappa shape index (κ1) is 31.1. The van der Waals surface area contributed by atoms with Crippen LogP contribution in [0.1, 0.15) is 44.6 Å². The van der Waals surface area contributed by atoms with E-state index < -0.39 is 0 Å². The van der Waals surface area contributed by atoms with Crippen molar-refractivity contribution in [3.63, 3.8) is 0 Å². The number of ether oxygens (including phenoxy) is 2. The molecular formula is C34H32N6O4S2. The van der Waals surface area contributed by atoms with Crippen LogP contribution in [0, 0.1) is 6.92 Å². The summed E-state index contributed by atoms with van der Waals surface area (Å²) in [4.78, 5) is 27.8. The third-order valence-corrected chi connectivity index (χ3v) is 9.32. The SMILES string of the molecule is COc1cccc(C2CC(c3cccs3)=NN2C(=O)CSc2nnc(CNC(=O)c3cccc(C)c3)n2-c2ccccc2)c1OC. The lowest BCUT2D eigenvalue weighted by molar-refractivity contribution is -0.130. The molecule has 1 atom stereocenters. The largest absolute Gasteiger partial charge is 0.493 e. The minimum Gasteiger partial charge on any atom is -0.493 e. The fraction of sp³-hybridized carbons (Fsp3) is 0.206. The van der Waals surface area contributed by atoms with Gasteiger partial charge in [-0.2, -0.15) is 5.10 Å². The van der Waals surface area contributed by atoms with Gasteiger partial charge >= 0.3 is 0 Å². The number of nitrogens with one attached hydrogen (secondary N) is 1. The molecule has 3 heterocycles. The normalized spacial score (nSPS) is 14.2. The van der Waals surface area contributed by atoms with Gasteiger partial charge in [0, 0.05) is 23.2 Å². The van der Waals surface area contributed by atoms with Gasteiger partial charge in [-0.1, -0.05) is 65.9 Å². The molecule has 0 aliphatic carbocycles. The molecule has 0 saturated carbocycles. The van der Waals surface area contributed by atoms with Gasteiger partial charge in [-0.15, -0.1) is 21.5 Å². The minimum atomic E-state index is -0.380. The maximum atomic E-state index is 13.9. The van der Waals surface area contributed by atoms with Gasteiger partial charge in [-0.3, -0.25) is 14.2 Å². The van der Waals surface area contributed by atoms with Crippen LogP contribution in [0.4, 0.5) is 0 Å². The van der Waals surface area contributed by atoms with E-state index in [1.807, 2.05) is 95.7 Å². The molecule has 3 aromatic carbocycles. The van der Waals surface area contributed by atoms with E-state index in [0.29, 0.717) is 34.5 Å². The molecule has 2 aromatic heterocycles. The van der Waals surface area contributed by atoms with Crippen LogP contribution in [-0.2, 0) is 11.3 Å². The number of thiophene rings is 1. The Morgan fingerprint density at radius 2 is 1.80 bits per heavy atom. The Kier molecular flexibility index (Phi) is 9.46. The molecule has 2 amide bonds. The van der Waals surface area contributed by atoms with Gasteiger partial charge in [-0.05, 0) is 48.7 Å². The Hall–Kier alpha value is -4.94. The van der Waals surface area contributed by atoms with E-state index in [2.05, 4.69) is 15.5 Å². The van der Waals surface area contributed by atoms with E-state index in [1.165, 1.54) is 11.8 Å². The maximum absolute atomic E-state index is 13.9. The summed E-state index contributed by atoms with van der Waals surface area (Å²) in [7, 11) is 3.19. The second-order valence-electron chi connectivity index (χ2n) is 10.5. The van der Waals surface area contributed by atoms with Gasteiger partial charge in [0.05, 0.1) is 43.1 Å². The van der Waals surface area contributed by atoms with E-state index in [-0.39, 0.29) is 30.2 Å². The summed E-state index contributed by atoms with van der Waals surface area (Å²) >= 11 is 2.85. The van der Waals surface area contributed by atoms with Crippen LogP contribution in [-0.4, -0.2) is 57.3 Å². The summed E-state index contributed by atoms with van der Waals surface area (Å²) in [5, 5.41) is 20.7. The number of hydrazone groups is 1. The van der Waals surface area contributed by atoms with Gasteiger partial charge in [-0.25, -0.2) is 5.01 Å². The molecule has 1 aliphatic heterocycles. The number of carbonyl (C=O) groups is 2. The Morgan fingerprint density at radius 1 is 0.978 bits per heavy atom. The minimum absolute atomic E-state index is 0.0601. The van der Waals surface area contributed by atoms with Gasteiger partial charge in [0.1, 0.15) is 0 Å². The predicted octanol–water partition coefficient (Wildman–Crippen LogP) is 6.05. The number of amides is 2. The van der Waals surface area contributed by atoms with Crippen molar-refractivity contribution in [1.82, 2.24) is 25.1 Å². The van der Waals surface area contributed by atoms with Crippen molar-refractivity contribution in [1.29, 1.82) is 0 Å². The van der Waals surface area contributed by atoms with Gasteiger partial charge < -0.3 is 14.8 Å². The zero-order valence-electron chi connectivity index (χ0n) is 25.5. The lowest BCUT2D eigenvalue weighted by Gasteiger charge is -2.24. The highest BCUT2D eigenvalue weighted by Crippen LogP contribution is 2.42. The molecule has 0 saturated heterocycles. The number of aryl methyl sites for hydroxylation is 1. The van der Waals surface area contributed by atoms with Crippen molar-refractivity contribution in [3.8, 4) is 17.2 Å². The molecule has 0 fully saturated rings. The third kappa shape index (κ3) is 6.53. The third-order valence-electron chi connectivity index (χ3n) is 7.49. The molecule has 1 unspecified atom stereocenters. The molecular weight excluding hydrogens is 621 g/mol. The van der Waals surface area contributed by atoms with Gasteiger partial charge in [0.15, 0.2) is 22.5 Å². The zero-order chi connectivity index (χ0) is 32.0. The van der Waals surface area contributed by atoms with Crippen molar-refractivity contribution >= 4 is 40.6 Å². The average molecular weight is 653 g/mol. The van der Waals surface area contributed by atoms with E-state index >= 15 is 0 Å². The fourth-order valence-corrected chi connectivity index (χ4v) is 6.88. The van der Waals surface area contributed by atoms with Crippen LogP contribution in [0.5, 0.6) is 11.5 Å². The molecule has 0 spiro atoms. The number of benzene rings is 3. The van der Waals surface area contributed by atoms with E-state index in [0.717, 1.165) is 27.4 Å². The molecule has 1 aliphatic rings. The molecule has 10 nitrogen and oxygen atoms in total. The maximum Gasteiger partial charge on any atom is 0.253 e. The molecule has 46 heavy (non-hydrogen) atoms. The quantitative estimate of drug-likeness (QED) is 0.173. The summed E-state index contributed by atoms with van der Waals surface area (Å²) < 4.78 is 13.1. The lowest BCUT2D eigenvalue weighted by atomic mass is 9.99. The number of rotatable bonds is 11. The number of thioether (sulfide) groups is 1. The lowest BCUT2D eigenvalue weighted by Crippen LogP contribution is -2.29. The first-order chi connectivity index (χ1) is 22.5.